The van der Waals surface area contributed by atoms with Crippen LogP contribution in [0.2, 0.25) is 0 Å². The molecule has 0 amide bonds. The summed E-state index contributed by atoms with van der Waals surface area (Å²) in [5.74, 6) is 0. The lowest BCUT2D eigenvalue weighted by Gasteiger charge is -2.37. The molecule has 0 spiro atoms. The summed E-state index contributed by atoms with van der Waals surface area (Å²) in [4.78, 5) is 0. The van der Waals surface area contributed by atoms with Gasteiger partial charge in [-0.05, 0) is 6.92 Å². The van der Waals surface area contributed by atoms with Crippen LogP contribution in [0.25, 0.3) is 0 Å². The summed E-state index contributed by atoms with van der Waals surface area (Å²) in [6.45, 7) is 0.907. The van der Waals surface area contributed by atoms with E-state index in [0.29, 0.717) is 0 Å². The highest BCUT2D eigenvalue weighted by Gasteiger charge is 2.37. The van der Waals surface area contributed by atoms with Gasteiger partial charge in [-0.2, -0.15) is 21.6 Å². The maximum absolute atomic E-state index is 10.7. The minimum Gasteiger partial charge on any atom is -0.391 e. The molecule has 0 aromatic rings. The predicted octanol–water partition coefficient (Wildman–Crippen LogP) is -1.89. The van der Waals surface area contributed by atoms with Gasteiger partial charge in [-0.25, -0.2) is 4.18 Å². The Morgan fingerprint density at radius 2 is 1.89 bits per heavy atom. The number of nitrogens with one attached hydrogen (secondary N) is 1. The van der Waals surface area contributed by atoms with Gasteiger partial charge in [-0.3, -0.25) is 9.11 Å². The fourth-order valence-electron chi connectivity index (χ4n) is 1.79. The second-order valence-corrected chi connectivity index (χ2v) is 6.37. The Bertz CT molecular complexity index is 489. The van der Waals surface area contributed by atoms with E-state index in [1.165, 1.54) is 6.92 Å². The molecule has 12 heteroatoms. The molecule has 0 radical (unpaired) electrons. The normalized spacial score (nSPS) is 33.3. The van der Waals surface area contributed by atoms with Crippen molar-refractivity contribution < 1.29 is 40.0 Å². The second kappa shape index (κ2) is 5.97. The molecule has 10 nitrogen and oxygen atoms in total. The predicted molar refractivity (Wildman–Crippen MR) is 60.9 cm³/mol. The molecule has 1 aliphatic heterocycles. The fourth-order valence-corrected chi connectivity index (χ4v) is 2.80. The van der Waals surface area contributed by atoms with Crippen LogP contribution in [0.15, 0.2) is 0 Å². The van der Waals surface area contributed by atoms with E-state index < -0.39 is 51.7 Å². The van der Waals surface area contributed by atoms with E-state index in [-0.39, 0.29) is 6.42 Å². The molecule has 0 aromatic carbocycles. The summed E-state index contributed by atoms with van der Waals surface area (Å²) < 4.78 is 70.2. The van der Waals surface area contributed by atoms with Crippen molar-refractivity contribution in [2.24, 2.45) is 0 Å². The van der Waals surface area contributed by atoms with Crippen molar-refractivity contribution in [3.63, 3.8) is 0 Å². The van der Waals surface area contributed by atoms with E-state index >= 15 is 0 Å². The highest BCUT2D eigenvalue weighted by molar-refractivity contribution is 7.83. The third-order valence-corrected chi connectivity index (χ3v) is 3.52. The van der Waals surface area contributed by atoms with Crippen molar-refractivity contribution >= 4 is 20.7 Å². The maximum atomic E-state index is 10.7. The van der Waals surface area contributed by atoms with Crippen LogP contribution in [0, 0.1) is 0 Å². The number of hydrogen-bond donors (Lipinski definition) is 4. The third-order valence-electron chi connectivity index (χ3n) is 2.52. The summed E-state index contributed by atoms with van der Waals surface area (Å²) in [5, 5.41) is 9.72. The Morgan fingerprint density at radius 3 is 2.32 bits per heavy atom. The molecule has 0 bridgehead atoms. The van der Waals surface area contributed by atoms with Gasteiger partial charge in [0.05, 0.1) is 31.0 Å². The Hall–Kier alpha value is -0.340. The lowest BCUT2D eigenvalue weighted by molar-refractivity contribution is -0.117. The van der Waals surface area contributed by atoms with Gasteiger partial charge in [-0.15, -0.1) is 0 Å². The van der Waals surface area contributed by atoms with Gasteiger partial charge in [0.2, 0.25) is 0 Å². The molecule has 1 rings (SSSR count). The highest BCUT2D eigenvalue weighted by Crippen LogP contribution is 2.21. The summed E-state index contributed by atoms with van der Waals surface area (Å²) in [6.07, 6.45) is -3.01. The molecule has 1 saturated heterocycles. The number of aliphatic hydroxyl groups excluding tert-OH is 1. The Labute approximate surface area is 110 Å². The van der Waals surface area contributed by atoms with Crippen molar-refractivity contribution in [3.8, 4) is 0 Å². The number of ether oxygens (including phenoxy) is 1. The van der Waals surface area contributed by atoms with Crippen LogP contribution < -0.4 is 4.72 Å². The molecule has 1 fully saturated rings. The average Bonchev–Trinajstić information content (AvgIpc) is 2.18. The second-order valence-electron chi connectivity index (χ2n) is 4.10. The first-order valence-corrected chi connectivity index (χ1v) is 7.98. The Balaban J connectivity index is 2.61. The van der Waals surface area contributed by atoms with Crippen molar-refractivity contribution in [1.29, 1.82) is 0 Å². The van der Waals surface area contributed by atoms with E-state index in [2.05, 4.69) is 4.18 Å². The first kappa shape index (κ1) is 16.7. The Kier molecular flexibility index (Phi) is 5.25. The molecule has 4 N–H and O–H groups in total. The molecule has 0 aliphatic carbocycles. The monoisotopic (exact) mass is 321 g/mol. The molecule has 1 heterocycles. The summed E-state index contributed by atoms with van der Waals surface area (Å²) >= 11 is 0. The molecule has 0 aromatic heterocycles. The Morgan fingerprint density at radius 1 is 1.32 bits per heavy atom. The molecule has 114 valence electrons. The smallest absolute Gasteiger partial charge is 0.391 e. The minimum absolute atomic E-state index is 0.132. The van der Waals surface area contributed by atoms with E-state index in [9.17, 15) is 21.9 Å². The minimum atomic E-state index is -4.61. The van der Waals surface area contributed by atoms with Gasteiger partial charge in [0.25, 0.3) is 0 Å². The van der Waals surface area contributed by atoms with Crippen LogP contribution >= 0.6 is 0 Å². The van der Waals surface area contributed by atoms with Crippen molar-refractivity contribution in [3.05, 3.63) is 0 Å². The van der Waals surface area contributed by atoms with Crippen LogP contribution in [-0.2, 0) is 29.6 Å². The van der Waals surface area contributed by atoms with Crippen molar-refractivity contribution in [2.45, 2.75) is 37.7 Å². The molecule has 0 saturated carbocycles. The first-order chi connectivity index (χ1) is 8.48. The largest absolute Gasteiger partial charge is 0.397 e. The van der Waals surface area contributed by atoms with Gasteiger partial charge in [0, 0.05) is 6.42 Å². The fraction of sp³-hybridized carbons (Fsp3) is 1.00. The van der Waals surface area contributed by atoms with Crippen LogP contribution in [0.4, 0.5) is 0 Å². The van der Waals surface area contributed by atoms with Crippen LogP contribution in [0.5, 0.6) is 0 Å². The SMILES string of the molecule is CC1OC(COS(=O)(=O)O)C[C@H](O)C1NS(=O)(=O)O. The van der Waals surface area contributed by atoms with Crippen LogP contribution in [0.3, 0.4) is 0 Å². The lowest BCUT2D eigenvalue weighted by Crippen LogP contribution is -2.56. The van der Waals surface area contributed by atoms with E-state index in [1.807, 2.05) is 0 Å². The van der Waals surface area contributed by atoms with Crippen molar-refractivity contribution in [2.75, 3.05) is 6.61 Å². The van der Waals surface area contributed by atoms with Gasteiger partial charge in [0.15, 0.2) is 0 Å². The number of rotatable bonds is 5. The molecular formula is C7H15NO9S2. The summed E-state index contributed by atoms with van der Waals surface area (Å²) in [6, 6.07) is -1.07. The number of aliphatic hydroxyl groups is 1. The lowest BCUT2D eigenvalue weighted by atomic mass is 9.97. The molecule has 19 heavy (non-hydrogen) atoms. The van der Waals surface area contributed by atoms with E-state index in [0.717, 1.165) is 0 Å². The average molecular weight is 321 g/mol. The molecular weight excluding hydrogens is 306 g/mol. The van der Waals surface area contributed by atoms with E-state index in [1.54, 1.807) is 4.72 Å². The van der Waals surface area contributed by atoms with Gasteiger partial charge in [0.1, 0.15) is 0 Å². The van der Waals surface area contributed by atoms with Gasteiger partial charge < -0.3 is 9.84 Å². The third kappa shape index (κ3) is 6.09. The zero-order valence-electron chi connectivity index (χ0n) is 9.83. The molecule has 3 unspecified atom stereocenters. The van der Waals surface area contributed by atoms with Gasteiger partial charge >= 0.3 is 20.7 Å². The topological polar surface area (TPSA) is 159 Å². The zero-order chi connectivity index (χ0) is 14.8. The quantitative estimate of drug-likeness (QED) is 0.424. The summed E-state index contributed by atoms with van der Waals surface area (Å²) in [7, 11) is -9.11. The highest BCUT2D eigenvalue weighted by atomic mass is 32.3. The van der Waals surface area contributed by atoms with Crippen LogP contribution in [-0.4, -0.2) is 62.0 Å². The maximum Gasteiger partial charge on any atom is 0.397 e. The van der Waals surface area contributed by atoms with Gasteiger partial charge in [-0.1, -0.05) is 0 Å². The van der Waals surface area contributed by atoms with E-state index in [4.69, 9.17) is 13.8 Å². The molecule has 1 aliphatic rings. The first-order valence-electron chi connectivity index (χ1n) is 5.18. The van der Waals surface area contributed by atoms with Crippen LogP contribution in [0.1, 0.15) is 13.3 Å². The molecule has 4 atom stereocenters. The zero-order valence-corrected chi connectivity index (χ0v) is 11.5. The van der Waals surface area contributed by atoms with Crippen molar-refractivity contribution in [1.82, 2.24) is 4.72 Å². The standard InChI is InChI=1S/C7H15NO9S2/c1-4-7(8-18(10,11)12)6(9)2-5(17-4)3-16-19(13,14)15/h4-9H,2-3H2,1H3,(H,10,11,12)(H,13,14,15)/t4?,5?,6-,7?/m0/s1. The summed E-state index contributed by atoms with van der Waals surface area (Å²) in [5.41, 5.74) is 0. The number of hydrogen-bond acceptors (Lipinski definition) is 7.